The number of nitrogens with one attached hydrogen (secondary N) is 2. The van der Waals surface area contributed by atoms with Crippen LogP contribution in [-0.4, -0.2) is 106 Å². The van der Waals surface area contributed by atoms with Gasteiger partial charge in [0.1, 0.15) is 5.82 Å². The molecule has 0 saturated carbocycles. The van der Waals surface area contributed by atoms with E-state index < -0.39 is 0 Å². The van der Waals surface area contributed by atoms with Crippen molar-refractivity contribution in [2.75, 3.05) is 79.7 Å². The number of hydrogen-bond donors (Lipinski definition) is 2. The number of hydrogen-bond acceptors (Lipinski definition) is 5. The lowest BCUT2D eigenvalue weighted by atomic mass is 10.0. The zero-order valence-electron chi connectivity index (χ0n) is 20.6. The minimum absolute atomic E-state index is 0. The van der Waals surface area contributed by atoms with E-state index in [0.29, 0.717) is 18.5 Å². The molecular formula is C24H42FIN6O. The molecule has 9 heteroatoms. The van der Waals surface area contributed by atoms with Crippen molar-refractivity contribution in [1.82, 2.24) is 25.3 Å². The van der Waals surface area contributed by atoms with Gasteiger partial charge in [0.2, 0.25) is 0 Å². The van der Waals surface area contributed by atoms with Gasteiger partial charge in [0, 0.05) is 65.4 Å². The molecule has 0 aromatic heterocycles. The van der Waals surface area contributed by atoms with E-state index in [2.05, 4.69) is 51.2 Å². The molecule has 2 fully saturated rings. The van der Waals surface area contributed by atoms with Gasteiger partial charge in [0.25, 0.3) is 0 Å². The maximum Gasteiger partial charge on any atom is 0.191 e. The molecule has 3 rings (SSSR count). The van der Waals surface area contributed by atoms with Crippen molar-refractivity contribution in [2.45, 2.75) is 25.9 Å². The molecule has 2 unspecified atom stereocenters. The smallest absolute Gasteiger partial charge is 0.191 e. The van der Waals surface area contributed by atoms with Crippen molar-refractivity contribution in [2.24, 2.45) is 10.9 Å². The molecule has 1 aromatic rings. The molecule has 33 heavy (non-hydrogen) atoms. The molecule has 2 atom stereocenters. The number of ether oxygens (including phenoxy) is 1. The second kappa shape index (κ2) is 14.4. The lowest BCUT2D eigenvalue weighted by Gasteiger charge is -2.40. The van der Waals surface area contributed by atoms with Gasteiger partial charge in [0.05, 0.1) is 19.3 Å². The Labute approximate surface area is 216 Å². The normalized spacial score (nSPS) is 20.8. The van der Waals surface area contributed by atoms with Crippen LogP contribution in [0.4, 0.5) is 4.39 Å². The van der Waals surface area contributed by atoms with E-state index in [1.165, 1.54) is 0 Å². The largest absolute Gasteiger partial charge is 0.379 e. The first kappa shape index (κ1) is 28.2. The Morgan fingerprint density at radius 2 is 1.58 bits per heavy atom. The van der Waals surface area contributed by atoms with E-state index in [-0.39, 0.29) is 35.8 Å². The summed E-state index contributed by atoms with van der Waals surface area (Å²) in [6.07, 6.45) is 0. The van der Waals surface area contributed by atoms with Gasteiger partial charge in [-0.15, -0.1) is 24.0 Å². The molecular weight excluding hydrogens is 534 g/mol. The highest BCUT2D eigenvalue weighted by Crippen LogP contribution is 2.21. The van der Waals surface area contributed by atoms with Crippen LogP contribution in [0.3, 0.4) is 0 Å². The molecule has 2 N–H and O–H groups in total. The van der Waals surface area contributed by atoms with Crippen LogP contribution in [0.25, 0.3) is 0 Å². The maximum absolute atomic E-state index is 13.5. The third-order valence-corrected chi connectivity index (χ3v) is 6.68. The van der Waals surface area contributed by atoms with Crippen LogP contribution in [0, 0.1) is 11.7 Å². The molecule has 7 nitrogen and oxygen atoms in total. The van der Waals surface area contributed by atoms with E-state index in [1.54, 1.807) is 12.1 Å². The van der Waals surface area contributed by atoms with Crippen LogP contribution in [0.15, 0.2) is 29.3 Å². The van der Waals surface area contributed by atoms with Gasteiger partial charge >= 0.3 is 0 Å². The van der Waals surface area contributed by atoms with Crippen LogP contribution in [0.1, 0.15) is 25.5 Å². The maximum atomic E-state index is 13.5. The first-order valence-electron chi connectivity index (χ1n) is 11.9. The Morgan fingerprint density at radius 1 is 0.970 bits per heavy atom. The average molecular weight is 577 g/mol. The molecule has 0 amide bonds. The summed E-state index contributed by atoms with van der Waals surface area (Å²) in [6.45, 7) is 13.8. The number of guanidine groups is 1. The monoisotopic (exact) mass is 576 g/mol. The Bertz CT molecular complexity index is 705. The number of piperazine rings is 1. The molecule has 1 aromatic carbocycles. The minimum atomic E-state index is -0.205. The van der Waals surface area contributed by atoms with Crippen molar-refractivity contribution >= 4 is 29.9 Å². The van der Waals surface area contributed by atoms with Gasteiger partial charge in [-0.1, -0.05) is 26.0 Å². The summed E-state index contributed by atoms with van der Waals surface area (Å²) >= 11 is 0. The van der Waals surface area contributed by atoms with Crippen molar-refractivity contribution in [3.05, 3.63) is 35.6 Å². The predicted octanol–water partition coefficient (Wildman–Crippen LogP) is 2.25. The molecule has 0 radical (unpaired) electrons. The molecule has 0 spiro atoms. The highest BCUT2D eigenvalue weighted by atomic mass is 127. The zero-order valence-corrected chi connectivity index (χ0v) is 22.9. The molecule has 0 aliphatic carbocycles. The van der Waals surface area contributed by atoms with Crippen LogP contribution in [0.5, 0.6) is 0 Å². The van der Waals surface area contributed by atoms with Gasteiger partial charge in [-0.25, -0.2) is 4.39 Å². The highest BCUT2D eigenvalue weighted by Gasteiger charge is 2.26. The number of benzene rings is 1. The Hall–Kier alpha value is -1.01. The molecule has 0 bridgehead atoms. The van der Waals surface area contributed by atoms with Crippen molar-refractivity contribution in [3.63, 3.8) is 0 Å². The van der Waals surface area contributed by atoms with E-state index in [1.807, 2.05) is 19.2 Å². The number of rotatable bonds is 8. The summed E-state index contributed by atoms with van der Waals surface area (Å²) in [6, 6.07) is 7.45. The minimum Gasteiger partial charge on any atom is -0.379 e. The second-order valence-electron chi connectivity index (χ2n) is 9.20. The summed E-state index contributed by atoms with van der Waals surface area (Å²) in [7, 11) is 4.01. The van der Waals surface area contributed by atoms with E-state index in [0.717, 1.165) is 70.6 Å². The Morgan fingerprint density at radius 3 is 2.15 bits per heavy atom. The van der Waals surface area contributed by atoms with E-state index in [4.69, 9.17) is 4.74 Å². The number of nitrogens with zero attached hydrogens (tertiary/aromatic N) is 4. The second-order valence-corrected chi connectivity index (χ2v) is 9.20. The van der Waals surface area contributed by atoms with Crippen LogP contribution >= 0.6 is 24.0 Å². The van der Waals surface area contributed by atoms with E-state index in [9.17, 15) is 4.39 Å². The number of likely N-dealkylation sites (N-methyl/N-ethyl adjacent to an activating group) is 1. The van der Waals surface area contributed by atoms with E-state index >= 15 is 0 Å². The first-order chi connectivity index (χ1) is 15.5. The Balaban J connectivity index is 0.00000385. The molecule has 2 heterocycles. The fourth-order valence-corrected chi connectivity index (χ4v) is 4.59. The molecule has 2 saturated heterocycles. The fraction of sp³-hybridized carbons (Fsp3) is 0.708. The fourth-order valence-electron chi connectivity index (χ4n) is 4.59. The van der Waals surface area contributed by atoms with Gasteiger partial charge in [-0.2, -0.15) is 0 Å². The SMILES string of the molecule is CN=C(NCC(c1ccc(F)cc1)N1CCOCC1)NCC(C(C)C)N1CCN(C)CC1.I. The first-order valence-corrected chi connectivity index (χ1v) is 11.9. The summed E-state index contributed by atoms with van der Waals surface area (Å²) in [5.74, 6) is 1.16. The number of halogens is 2. The third kappa shape index (κ3) is 8.61. The zero-order chi connectivity index (χ0) is 22.9. The summed E-state index contributed by atoms with van der Waals surface area (Å²) in [4.78, 5) is 11.9. The van der Waals surface area contributed by atoms with Crippen LogP contribution in [-0.2, 0) is 4.74 Å². The quantitative estimate of drug-likeness (QED) is 0.282. The topological polar surface area (TPSA) is 55.4 Å². The molecule has 2 aliphatic rings. The number of aliphatic imine (C=N–C) groups is 1. The number of morpholine rings is 1. The lowest BCUT2D eigenvalue weighted by molar-refractivity contribution is 0.0169. The Kier molecular flexibility index (Phi) is 12.3. The lowest BCUT2D eigenvalue weighted by Crippen LogP contribution is -2.55. The van der Waals surface area contributed by atoms with Gasteiger partial charge < -0.3 is 20.3 Å². The van der Waals surface area contributed by atoms with Crippen molar-refractivity contribution < 1.29 is 9.13 Å². The van der Waals surface area contributed by atoms with Crippen LogP contribution < -0.4 is 10.6 Å². The predicted molar refractivity (Wildman–Crippen MR) is 144 cm³/mol. The van der Waals surface area contributed by atoms with Gasteiger partial charge in [-0.3, -0.25) is 14.8 Å². The van der Waals surface area contributed by atoms with Crippen molar-refractivity contribution in [1.29, 1.82) is 0 Å². The van der Waals surface area contributed by atoms with Crippen LogP contribution in [0.2, 0.25) is 0 Å². The summed E-state index contributed by atoms with van der Waals surface area (Å²) in [5, 5.41) is 7.08. The summed E-state index contributed by atoms with van der Waals surface area (Å²) in [5.41, 5.74) is 1.11. The van der Waals surface area contributed by atoms with Crippen molar-refractivity contribution in [3.8, 4) is 0 Å². The average Bonchev–Trinajstić information content (AvgIpc) is 2.80. The standard InChI is InChI=1S/C24H41FN6O.HI/c1-19(2)22(30-11-9-29(4)10-12-30)17-27-24(26-3)28-18-23(31-13-15-32-16-14-31)20-5-7-21(25)8-6-20;/h5-8,19,22-23H,9-18H2,1-4H3,(H2,26,27,28);1H. The van der Waals surface area contributed by atoms with Gasteiger partial charge in [-0.05, 0) is 30.7 Å². The van der Waals surface area contributed by atoms with Gasteiger partial charge in [0.15, 0.2) is 5.96 Å². The molecule has 2 aliphatic heterocycles. The third-order valence-electron chi connectivity index (χ3n) is 6.68. The summed E-state index contributed by atoms with van der Waals surface area (Å²) < 4.78 is 19.0. The highest BCUT2D eigenvalue weighted by molar-refractivity contribution is 14.0. The molecule has 188 valence electrons.